The standard InChI is InChI=1S/C4H6S2/c1-2-4-6-5-3-1/h1,3H,2,4H2. The van der Waals surface area contributed by atoms with E-state index in [0.29, 0.717) is 0 Å². The van der Waals surface area contributed by atoms with Gasteiger partial charge in [0.15, 0.2) is 0 Å². The molecule has 2 heteroatoms. The summed E-state index contributed by atoms with van der Waals surface area (Å²) in [5.41, 5.74) is 0. The van der Waals surface area contributed by atoms with Gasteiger partial charge in [-0.15, -0.1) is 0 Å². The lowest BCUT2D eigenvalue weighted by Crippen LogP contribution is -1.82. The van der Waals surface area contributed by atoms with Gasteiger partial charge in [-0.1, -0.05) is 21.6 Å². The molecule has 0 aromatic heterocycles. The molecule has 34 valence electrons. The second-order valence-electron chi connectivity index (χ2n) is 1.08. The summed E-state index contributed by atoms with van der Waals surface area (Å²) < 4.78 is 0. The largest absolute Gasteiger partial charge is 0.0938 e. The molecule has 1 rings (SSSR count). The molecule has 1 saturated heterocycles. The summed E-state index contributed by atoms with van der Waals surface area (Å²) >= 11 is 0. The van der Waals surface area contributed by atoms with Crippen molar-refractivity contribution in [2.75, 3.05) is 5.75 Å². The lowest BCUT2D eigenvalue weighted by molar-refractivity contribution is 1.16. The van der Waals surface area contributed by atoms with Crippen LogP contribution >= 0.6 is 21.6 Å². The molecule has 1 heterocycles. The molecular weight excluding hydrogens is 112 g/mol. The second-order valence-corrected chi connectivity index (χ2v) is 3.47. The fourth-order valence-corrected chi connectivity index (χ4v) is 1.98. The van der Waals surface area contributed by atoms with Gasteiger partial charge in [0.05, 0.1) is 0 Å². The topological polar surface area (TPSA) is 0 Å². The van der Waals surface area contributed by atoms with Crippen LogP contribution in [0.5, 0.6) is 0 Å². The van der Waals surface area contributed by atoms with E-state index in [1.165, 1.54) is 12.2 Å². The zero-order valence-electron chi connectivity index (χ0n) is 3.39. The zero-order chi connectivity index (χ0) is 4.24. The minimum Gasteiger partial charge on any atom is -0.0938 e. The summed E-state index contributed by atoms with van der Waals surface area (Å²) in [6.07, 6.45) is 3.47. The summed E-state index contributed by atoms with van der Waals surface area (Å²) in [6, 6.07) is 0. The predicted octanol–water partition coefficient (Wildman–Crippen LogP) is 2.14. The SMILES string of the molecule is [CH]1[CH]SSCC1. The Labute approximate surface area is 46.5 Å². The molecule has 0 saturated carbocycles. The van der Waals surface area contributed by atoms with Crippen molar-refractivity contribution in [1.82, 2.24) is 0 Å². The minimum atomic E-state index is 1.26. The maximum Gasteiger partial charge on any atom is 0.0313 e. The van der Waals surface area contributed by atoms with Crippen molar-refractivity contribution < 1.29 is 0 Å². The molecule has 1 aliphatic heterocycles. The lowest BCUT2D eigenvalue weighted by atomic mass is 10.4. The van der Waals surface area contributed by atoms with E-state index in [9.17, 15) is 0 Å². The molecular formula is C4H6S2. The molecule has 6 heavy (non-hydrogen) atoms. The number of hydrogen-bond acceptors (Lipinski definition) is 2. The third-order valence-corrected chi connectivity index (χ3v) is 2.67. The van der Waals surface area contributed by atoms with E-state index in [1.807, 2.05) is 21.6 Å². The first-order chi connectivity index (χ1) is 3.00. The highest BCUT2D eigenvalue weighted by Gasteiger charge is 1.97. The van der Waals surface area contributed by atoms with E-state index in [2.05, 4.69) is 12.2 Å². The van der Waals surface area contributed by atoms with Crippen LogP contribution in [0.2, 0.25) is 0 Å². The first-order valence-electron chi connectivity index (χ1n) is 1.93. The Morgan fingerprint density at radius 1 is 1.50 bits per heavy atom. The highest BCUT2D eigenvalue weighted by molar-refractivity contribution is 8.77. The van der Waals surface area contributed by atoms with Gasteiger partial charge < -0.3 is 0 Å². The van der Waals surface area contributed by atoms with Gasteiger partial charge in [-0.2, -0.15) is 0 Å². The van der Waals surface area contributed by atoms with Crippen LogP contribution in [0.25, 0.3) is 0 Å². The third-order valence-electron chi connectivity index (χ3n) is 0.588. The minimum absolute atomic E-state index is 1.26. The van der Waals surface area contributed by atoms with Gasteiger partial charge in [-0.3, -0.25) is 0 Å². The lowest BCUT2D eigenvalue weighted by Gasteiger charge is -2.04. The van der Waals surface area contributed by atoms with Gasteiger partial charge in [0.1, 0.15) is 0 Å². The van der Waals surface area contributed by atoms with Crippen molar-refractivity contribution >= 4 is 21.6 Å². The van der Waals surface area contributed by atoms with Crippen LogP contribution in [0.3, 0.4) is 0 Å². The third kappa shape index (κ3) is 1.43. The van der Waals surface area contributed by atoms with E-state index in [-0.39, 0.29) is 0 Å². The van der Waals surface area contributed by atoms with Crippen LogP contribution in [-0.2, 0) is 0 Å². The van der Waals surface area contributed by atoms with Crippen LogP contribution in [-0.4, -0.2) is 5.75 Å². The van der Waals surface area contributed by atoms with Crippen molar-refractivity contribution in [2.45, 2.75) is 6.42 Å². The van der Waals surface area contributed by atoms with Crippen molar-refractivity contribution in [2.24, 2.45) is 0 Å². The fourth-order valence-electron chi connectivity index (χ4n) is 0.311. The second kappa shape index (κ2) is 2.80. The molecule has 0 bridgehead atoms. The maximum absolute atomic E-state index is 2.21. The summed E-state index contributed by atoms with van der Waals surface area (Å²) in [5.74, 6) is 3.44. The Kier molecular flexibility index (Phi) is 2.27. The molecule has 0 spiro atoms. The molecule has 1 aliphatic rings. The first-order valence-corrected chi connectivity index (χ1v) is 4.31. The van der Waals surface area contributed by atoms with E-state index in [0.717, 1.165) is 0 Å². The van der Waals surface area contributed by atoms with Gasteiger partial charge in [-0.25, -0.2) is 0 Å². The molecule has 0 aromatic carbocycles. The highest BCUT2D eigenvalue weighted by atomic mass is 33.1. The van der Waals surface area contributed by atoms with E-state index < -0.39 is 0 Å². The van der Waals surface area contributed by atoms with Gasteiger partial charge in [0.25, 0.3) is 0 Å². The van der Waals surface area contributed by atoms with Gasteiger partial charge in [-0.05, 0) is 12.8 Å². The van der Waals surface area contributed by atoms with Crippen LogP contribution in [0.15, 0.2) is 0 Å². The summed E-state index contributed by atoms with van der Waals surface area (Å²) in [4.78, 5) is 0. The van der Waals surface area contributed by atoms with Crippen LogP contribution in [0.4, 0.5) is 0 Å². The van der Waals surface area contributed by atoms with Crippen LogP contribution < -0.4 is 0 Å². The Hall–Kier alpha value is 0.700. The van der Waals surface area contributed by atoms with Crippen LogP contribution in [0, 0.1) is 12.2 Å². The smallest absolute Gasteiger partial charge is 0.0313 e. The van der Waals surface area contributed by atoms with Gasteiger partial charge in [0.2, 0.25) is 0 Å². The fraction of sp³-hybridized carbons (Fsp3) is 0.500. The molecule has 0 unspecified atom stereocenters. The highest BCUT2D eigenvalue weighted by Crippen LogP contribution is 2.31. The molecule has 0 amide bonds. The van der Waals surface area contributed by atoms with Crippen molar-refractivity contribution in [3.05, 3.63) is 12.2 Å². The Bertz CT molecular complexity index is 21.0. The van der Waals surface area contributed by atoms with Gasteiger partial charge >= 0.3 is 0 Å². The quantitative estimate of drug-likeness (QED) is 0.447. The van der Waals surface area contributed by atoms with E-state index in [1.54, 1.807) is 0 Å². The van der Waals surface area contributed by atoms with Gasteiger partial charge in [0, 0.05) is 11.5 Å². The first kappa shape index (κ1) is 4.85. The monoisotopic (exact) mass is 118 g/mol. The summed E-state index contributed by atoms with van der Waals surface area (Å²) in [7, 11) is 3.76. The summed E-state index contributed by atoms with van der Waals surface area (Å²) in [5, 5.41) is 0. The van der Waals surface area contributed by atoms with Crippen molar-refractivity contribution in [3.8, 4) is 0 Å². The number of hydrogen-bond donors (Lipinski definition) is 0. The average molecular weight is 118 g/mol. The van der Waals surface area contributed by atoms with Crippen molar-refractivity contribution in [3.63, 3.8) is 0 Å². The van der Waals surface area contributed by atoms with E-state index in [4.69, 9.17) is 0 Å². The maximum atomic E-state index is 2.21. The van der Waals surface area contributed by atoms with E-state index >= 15 is 0 Å². The normalized spacial score (nSPS) is 24.0. The molecule has 0 aliphatic carbocycles. The Morgan fingerprint density at radius 2 is 2.50 bits per heavy atom. The Morgan fingerprint density at radius 3 is 2.67 bits per heavy atom. The predicted molar refractivity (Wildman–Crippen MR) is 33.3 cm³/mol. The molecule has 0 atom stereocenters. The molecule has 2 radical (unpaired) electrons. The van der Waals surface area contributed by atoms with Crippen molar-refractivity contribution in [1.29, 1.82) is 0 Å². The zero-order valence-corrected chi connectivity index (χ0v) is 5.02. The Balaban J connectivity index is 2.00. The molecule has 0 aromatic rings. The summed E-state index contributed by atoms with van der Waals surface area (Å²) in [6.45, 7) is 0. The molecule has 1 fully saturated rings. The average Bonchev–Trinajstić information content (AvgIpc) is 1.72. The number of rotatable bonds is 0. The van der Waals surface area contributed by atoms with Crippen LogP contribution in [0.1, 0.15) is 6.42 Å². The molecule has 0 N–H and O–H groups in total. The molecule has 0 nitrogen and oxygen atoms in total.